The highest BCUT2D eigenvalue weighted by molar-refractivity contribution is 5.90. The van der Waals surface area contributed by atoms with Crippen molar-refractivity contribution < 1.29 is 19.3 Å². The molecule has 0 unspecified atom stereocenters. The standard InChI is InChI=1S/C27H33NO4/c28-20-24(23-12-15-26-27(19-23)32-21-31-26)18-22-10-13-25(14-11-22)30-17-9-7-5-3-1-2-4-6-8-16-29/h10-15,18-19,29H,1-9,16-17,21H2. The number of ether oxygens (including phenoxy) is 3. The Bertz CT molecular complexity index is 899. The van der Waals surface area contributed by atoms with E-state index in [1.54, 1.807) is 0 Å². The Hall–Kier alpha value is -2.97. The number of fused-ring (bicyclic) bond motifs is 1. The molecule has 32 heavy (non-hydrogen) atoms. The molecule has 0 saturated heterocycles. The van der Waals surface area contributed by atoms with Gasteiger partial charge >= 0.3 is 0 Å². The second-order valence-electron chi connectivity index (χ2n) is 8.06. The van der Waals surface area contributed by atoms with Crippen molar-refractivity contribution >= 4 is 11.6 Å². The number of unbranched alkanes of at least 4 members (excludes halogenated alkanes) is 8. The van der Waals surface area contributed by atoms with Crippen molar-refractivity contribution in [3.63, 3.8) is 0 Å². The maximum atomic E-state index is 9.59. The van der Waals surface area contributed by atoms with E-state index >= 15 is 0 Å². The molecule has 2 aromatic carbocycles. The molecule has 5 nitrogen and oxygen atoms in total. The van der Waals surface area contributed by atoms with E-state index in [4.69, 9.17) is 19.3 Å². The van der Waals surface area contributed by atoms with Gasteiger partial charge in [0.1, 0.15) is 5.75 Å². The Labute approximate surface area is 191 Å². The fourth-order valence-corrected chi connectivity index (χ4v) is 3.71. The van der Waals surface area contributed by atoms with Crippen LogP contribution in [0.15, 0.2) is 42.5 Å². The summed E-state index contributed by atoms with van der Waals surface area (Å²) < 4.78 is 16.6. The van der Waals surface area contributed by atoms with Gasteiger partial charge in [0.2, 0.25) is 6.79 Å². The number of nitrogens with zero attached hydrogens (tertiary/aromatic N) is 1. The van der Waals surface area contributed by atoms with Crippen LogP contribution < -0.4 is 14.2 Å². The molecule has 1 aliphatic rings. The number of benzene rings is 2. The molecule has 3 rings (SSSR count). The number of aliphatic hydroxyl groups is 1. The first-order chi connectivity index (χ1) is 15.8. The van der Waals surface area contributed by atoms with Crippen LogP contribution in [0, 0.1) is 11.3 Å². The molecule has 0 amide bonds. The van der Waals surface area contributed by atoms with Gasteiger partial charge in [0.15, 0.2) is 11.5 Å². The number of hydrogen-bond donors (Lipinski definition) is 1. The average molecular weight is 436 g/mol. The van der Waals surface area contributed by atoms with Crippen LogP contribution in [0.4, 0.5) is 0 Å². The third kappa shape index (κ3) is 7.62. The topological polar surface area (TPSA) is 71.7 Å². The van der Waals surface area contributed by atoms with Crippen molar-refractivity contribution in [2.75, 3.05) is 20.0 Å². The highest BCUT2D eigenvalue weighted by Gasteiger charge is 2.14. The lowest BCUT2D eigenvalue weighted by Crippen LogP contribution is -1.97. The van der Waals surface area contributed by atoms with Crippen molar-refractivity contribution in [1.82, 2.24) is 0 Å². The van der Waals surface area contributed by atoms with Gasteiger partial charge in [-0.25, -0.2) is 0 Å². The second kappa shape index (κ2) is 13.4. The predicted octanol–water partition coefficient (Wildman–Crippen LogP) is 6.36. The number of nitriles is 1. The number of aliphatic hydroxyl groups excluding tert-OH is 1. The highest BCUT2D eigenvalue weighted by Crippen LogP contribution is 2.34. The Kier molecular flexibility index (Phi) is 9.95. The third-order valence-electron chi connectivity index (χ3n) is 5.57. The molecule has 0 fully saturated rings. The summed E-state index contributed by atoms with van der Waals surface area (Å²) in [7, 11) is 0. The van der Waals surface area contributed by atoms with Crippen LogP contribution in [0.5, 0.6) is 17.2 Å². The molecule has 0 spiro atoms. The lowest BCUT2D eigenvalue weighted by molar-refractivity contribution is 0.174. The van der Waals surface area contributed by atoms with E-state index in [1.165, 1.54) is 38.5 Å². The zero-order chi connectivity index (χ0) is 22.4. The van der Waals surface area contributed by atoms with Gasteiger partial charge in [0.25, 0.3) is 0 Å². The van der Waals surface area contributed by atoms with Crippen LogP contribution in [0.2, 0.25) is 0 Å². The summed E-state index contributed by atoms with van der Waals surface area (Å²) in [5.74, 6) is 2.24. The zero-order valence-electron chi connectivity index (χ0n) is 18.7. The van der Waals surface area contributed by atoms with Crippen molar-refractivity contribution in [1.29, 1.82) is 5.26 Å². The smallest absolute Gasteiger partial charge is 0.231 e. The summed E-state index contributed by atoms with van der Waals surface area (Å²) >= 11 is 0. The predicted molar refractivity (Wildman–Crippen MR) is 127 cm³/mol. The molecule has 1 N–H and O–H groups in total. The highest BCUT2D eigenvalue weighted by atomic mass is 16.7. The first-order valence-corrected chi connectivity index (χ1v) is 11.7. The van der Waals surface area contributed by atoms with E-state index < -0.39 is 0 Å². The molecule has 1 heterocycles. The molecule has 0 atom stereocenters. The molecule has 0 saturated carbocycles. The fraction of sp³-hybridized carbons (Fsp3) is 0.444. The Morgan fingerprint density at radius 1 is 0.875 bits per heavy atom. The van der Waals surface area contributed by atoms with Crippen molar-refractivity contribution in [3.8, 4) is 23.3 Å². The summed E-state index contributed by atoms with van der Waals surface area (Å²) in [6.07, 6.45) is 12.6. The lowest BCUT2D eigenvalue weighted by Gasteiger charge is -2.07. The van der Waals surface area contributed by atoms with Crippen molar-refractivity contribution in [2.24, 2.45) is 0 Å². The fourth-order valence-electron chi connectivity index (χ4n) is 3.71. The molecule has 5 heteroatoms. The minimum atomic E-state index is 0.220. The van der Waals surface area contributed by atoms with Crippen LogP contribution in [0.25, 0.3) is 11.6 Å². The summed E-state index contributed by atoms with van der Waals surface area (Å²) in [6.45, 7) is 1.27. The number of allylic oxidation sites excluding steroid dienone is 1. The molecule has 2 aromatic rings. The summed E-state index contributed by atoms with van der Waals surface area (Å²) in [5.41, 5.74) is 2.33. The second-order valence-corrected chi connectivity index (χ2v) is 8.06. The summed E-state index contributed by atoms with van der Waals surface area (Å²) in [6, 6.07) is 15.7. The minimum absolute atomic E-state index is 0.220. The Morgan fingerprint density at radius 2 is 1.53 bits per heavy atom. The van der Waals surface area contributed by atoms with Crippen LogP contribution >= 0.6 is 0 Å². The molecular formula is C27H33NO4. The molecule has 0 radical (unpaired) electrons. The number of rotatable bonds is 14. The maximum Gasteiger partial charge on any atom is 0.231 e. The van der Waals surface area contributed by atoms with Gasteiger partial charge in [-0.1, -0.05) is 57.1 Å². The first kappa shape index (κ1) is 23.7. The lowest BCUT2D eigenvalue weighted by atomic mass is 10.0. The van der Waals surface area contributed by atoms with Gasteiger partial charge in [-0.15, -0.1) is 0 Å². The number of hydrogen-bond acceptors (Lipinski definition) is 5. The molecule has 170 valence electrons. The summed E-state index contributed by atoms with van der Waals surface area (Å²) in [5, 5.41) is 18.4. The SMILES string of the molecule is N#CC(=Cc1ccc(OCCCCCCCCCCCO)cc1)c1ccc2c(c1)OCO2. The maximum absolute atomic E-state index is 9.59. The van der Waals surface area contributed by atoms with E-state index in [9.17, 15) is 5.26 Å². The van der Waals surface area contributed by atoms with E-state index in [-0.39, 0.29) is 6.79 Å². The van der Waals surface area contributed by atoms with E-state index in [0.717, 1.165) is 42.7 Å². The first-order valence-electron chi connectivity index (χ1n) is 11.7. The third-order valence-corrected chi connectivity index (χ3v) is 5.57. The monoisotopic (exact) mass is 435 g/mol. The minimum Gasteiger partial charge on any atom is -0.494 e. The van der Waals surface area contributed by atoms with E-state index in [2.05, 4.69) is 6.07 Å². The normalized spacial score (nSPS) is 12.6. The van der Waals surface area contributed by atoms with E-state index in [0.29, 0.717) is 23.7 Å². The molecule has 0 aromatic heterocycles. The molecular weight excluding hydrogens is 402 g/mol. The summed E-state index contributed by atoms with van der Waals surface area (Å²) in [4.78, 5) is 0. The van der Waals surface area contributed by atoms with Gasteiger partial charge in [0.05, 0.1) is 18.2 Å². The van der Waals surface area contributed by atoms with Crippen LogP contribution in [-0.4, -0.2) is 25.1 Å². The average Bonchev–Trinajstić information content (AvgIpc) is 3.30. The van der Waals surface area contributed by atoms with E-state index in [1.807, 2.05) is 48.5 Å². The van der Waals surface area contributed by atoms with Crippen LogP contribution in [-0.2, 0) is 0 Å². The Balaban J connectivity index is 1.37. The quantitative estimate of drug-likeness (QED) is 0.212. The van der Waals surface area contributed by atoms with Crippen LogP contribution in [0.1, 0.15) is 68.9 Å². The largest absolute Gasteiger partial charge is 0.494 e. The van der Waals surface area contributed by atoms with Gasteiger partial charge < -0.3 is 19.3 Å². The van der Waals surface area contributed by atoms with Gasteiger partial charge in [-0.3, -0.25) is 0 Å². The van der Waals surface area contributed by atoms with Gasteiger partial charge in [0, 0.05) is 6.61 Å². The Morgan fingerprint density at radius 3 is 2.22 bits per heavy atom. The van der Waals surface area contributed by atoms with Gasteiger partial charge in [-0.2, -0.15) is 5.26 Å². The molecule has 1 aliphatic heterocycles. The molecule has 0 aliphatic carbocycles. The zero-order valence-corrected chi connectivity index (χ0v) is 18.7. The molecule has 0 bridgehead atoms. The van der Waals surface area contributed by atoms with Crippen LogP contribution in [0.3, 0.4) is 0 Å². The van der Waals surface area contributed by atoms with Crippen molar-refractivity contribution in [2.45, 2.75) is 57.8 Å². The van der Waals surface area contributed by atoms with Crippen molar-refractivity contribution in [3.05, 3.63) is 53.6 Å². The van der Waals surface area contributed by atoms with Gasteiger partial charge in [-0.05, 0) is 60.4 Å².